The van der Waals surface area contributed by atoms with Gasteiger partial charge in [0.1, 0.15) is 0 Å². The molecular weight excluding hydrogens is 422 g/mol. The van der Waals surface area contributed by atoms with Crippen molar-refractivity contribution in [2.45, 2.75) is 20.3 Å². The zero-order valence-corrected chi connectivity index (χ0v) is 17.6. The standard InChI is InChI=1S/C21H23N3O8/c1-3-10-31-17-9-8-15(12-18(17)30-4-2)21(27)32-13-19(25)22-23-20(26)14-6-5-7-16(11-14)24(28)29/h5-9,11-12H,3-4,10,13H2,1-2H3,(H,22,25)(H,23,26). The highest BCUT2D eigenvalue weighted by Crippen LogP contribution is 2.29. The minimum absolute atomic E-state index is 0.0228. The number of carbonyl (C=O) groups excluding carboxylic acids is 3. The fourth-order valence-electron chi connectivity index (χ4n) is 2.44. The summed E-state index contributed by atoms with van der Waals surface area (Å²) in [6.07, 6.45) is 0.808. The predicted octanol–water partition coefficient (Wildman–Crippen LogP) is 2.40. The van der Waals surface area contributed by atoms with Crippen LogP contribution in [0.3, 0.4) is 0 Å². The van der Waals surface area contributed by atoms with Crippen LogP contribution in [-0.4, -0.2) is 42.5 Å². The summed E-state index contributed by atoms with van der Waals surface area (Å²) in [5.74, 6) is -1.47. The van der Waals surface area contributed by atoms with E-state index in [1.54, 1.807) is 13.0 Å². The Morgan fingerprint density at radius 1 is 0.969 bits per heavy atom. The van der Waals surface area contributed by atoms with Gasteiger partial charge in [-0.3, -0.25) is 30.6 Å². The second-order valence-electron chi connectivity index (χ2n) is 6.33. The molecule has 170 valence electrons. The van der Waals surface area contributed by atoms with E-state index >= 15 is 0 Å². The third kappa shape index (κ3) is 6.97. The SMILES string of the molecule is CCCOc1ccc(C(=O)OCC(=O)NNC(=O)c2cccc([N+](=O)[O-])c2)cc1OCC. The second kappa shape index (κ2) is 11.9. The molecule has 0 fully saturated rings. The van der Waals surface area contributed by atoms with Crippen LogP contribution in [0.1, 0.15) is 41.0 Å². The minimum Gasteiger partial charge on any atom is -0.490 e. The fraction of sp³-hybridized carbons (Fsp3) is 0.286. The van der Waals surface area contributed by atoms with E-state index in [0.717, 1.165) is 12.5 Å². The lowest BCUT2D eigenvalue weighted by Gasteiger charge is -2.13. The first-order chi connectivity index (χ1) is 15.3. The van der Waals surface area contributed by atoms with Gasteiger partial charge in [0, 0.05) is 17.7 Å². The first-order valence-corrected chi connectivity index (χ1v) is 9.76. The number of hydrogen-bond donors (Lipinski definition) is 2. The lowest BCUT2D eigenvalue weighted by molar-refractivity contribution is -0.384. The predicted molar refractivity (Wildman–Crippen MR) is 112 cm³/mol. The van der Waals surface area contributed by atoms with Crippen LogP contribution in [0.15, 0.2) is 42.5 Å². The second-order valence-corrected chi connectivity index (χ2v) is 6.33. The molecule has 2 N–H and O–H groups in total. The van der Waals surface area contributed by atoms with Crippen molar-refractivity contribution in [3.05, 3.63) is 63.7 Å². The lowest BCUT2D eigenvalue weighted by Crippen LogP contribution is -2.43. The highest BCUT2D eigenvalue weighted by atomic mass is 16.6. The number of ether oxygens (including phenoxy) is 3. The van der Waals surface area contributed by atoms with Gasteiger partial charge in [-0.25, -0.2) is 4.79 Å². The summed E-state index contributed by atoms with van der Waals surface area (Å²) in [7, 11) is 0. The Bertz CT molecular complexity index is 993. The largest absolute Gasteiger partial charge is 0.490 e. The van der Waals surface area contributed by atoms with E-state index in [9.17, 15) is 24.5 Å². The Balaban J connectivity index is 1.89. The van der Waals surface area contributed by atoms with Gasteiger partial charge in [0.2, 0.25) is 0 Å². The van der Waals surface area contributed by atoms with Gasteiger partial charge in [0.05, 0.1) is 23.7 Å². The molecule has 0 aliphatic heterocycles. The molecule has 0 unspecified atom stereocenters. The van der Waals surface area contributed by atoms with Crippen LogP contribution in [-0.2, 0) is 9.53 Å². The Hall–Kier alpha value is -4.15. The summed E-state index contributed by atoms with van der Waals surface area (Å²) in [4.78, 5) is 46.3. The Morgan fingerprint density at radius 3 is 2.44 bits per heavy atom. The summed E-state index contributed by atoms with van der Waals surface area (Å²) in [6.45, 7) is 3.95. The van der Waals surface area contributed by atoms with Gasteiger partial charge in [-0.05, 0) is 37.6 Å². The normalized spacial score (nSPS) is 10.1. The summed E-state index contributed by atoms with van der Waals surface area (Å²) in [5.41, 5.74) is 4.03. The van der Waals surface area contributed by atoms with Crippen LogP contribution in [0.5, 0.6) is 11.5 Å². The van der Waals surface area contributed by atoms with E-state index in [-0.39, 0.29) is 16.8 Å². The highest BCUT2D eigenvalue weighted by Gasteiger charge is 2.16. The number of non-ortho nitro benzene ring substituents is 1. The van der Waals surface area contributed by atoms with Crippen molar-refractivity contribution in [3.8, 4) is 11.5 Å². The van der Waals surface area contributed by atoms with Gasteiger partial charge in [0.25, 0.3) is 17.5 Å². The van der Waals surface area contributed by atoms with E-state index in [2.05, 4.69) is 10.9 Å². The molecule has 0 heterocycles. The fourth-order valence-corrected chi connectivity index (χ4v) is 2.44. The molecule has 2 aromatic carbocycles. The molecule has 11 nitrogen and oxygen atoms in total. The number of esters is 1. The number of hydrazine groups is 1. The van der Waals surface area contributed by atoms with E-state index in [1.807, 2.05) is 6.92 Å². The lowest BCUT2D eigenvalue weighted by atomic mass is 10.2. The third-order valence-corrected chi connectivity index (χ3v) is 3.91. The first-order valence-electron chi connectivity index (χ1n) is 9.76. The van der Waals surface area contributed by atoms with Crippen molar-refractivity contribution in [2.24, 2.45) is 0 Å². The molecule has 0 saturated heterocycles. The smallest absolute Gasteiger partial charge is 0.338 e. The number of benzene rings is 2. The molecule has 2 aromatic rings. The summed E-state index contributed by atoms with van der Waals surface area (Å²) < 4.78 is 16.0. The number of amides is 2. The van der Waals surface area contributed by atoms with E-state index in [4.69, 9.17) is 14.2 Å². The summed E-state index contributed by atoms with van der Waals surface area (Å²) in [6, 6.07) is 9.50. The molecule has 2 rings (SSSR count). The summed E-state index contributed by atoms with van der Waals surface area (Å²) in [5, 5.41) is 10.8. The molecule has 0 aromatic heterocycles. The topological polar surface area (TPSA) is 146 Å². The monoisotopic (exact) mass is 445 g/mol. The van der Waals surface area contributed by atoms with E-state index in [0.29, 0.717) is 24.7 Å². The maximum absolute atomic E-state index is 12.2. The number of nitrogens with one attached hydrogen (secondary N) is 2. The van der Waals surface area contributed by atoms with Crippen molar-refractivity contribution in [2.75, 3.05) is 19.8 Å². The van der Waals surface area contributed by atoms with Crippen LogP contribution in [0.25, 0.3) is 0 Å². The Labute approximate surface area is 183 Å². The van der Waals surface area contributed by atoms with Crippen molar-refractivity contribution in [3.63, 3.8) is 0 Å². The minimum atomic E-state index is -0.801. The molecule has 0 aliphatic carbocycles. The Morgan fingerprint density at radius 2 is 1.75 bits per heavy atom. The molecule has 0 radical (unpaired) electrons. The summed E-state index contributed by atoms with van der Waals surface area (Å²) >= 11 is 0. The molecule has 0 saturated carbocycles. The maximum atomic E-state index is 12.2. The van der Waals surface area contributed by atoms with Crippen LogP contribution in [0, 0.1) is 10.1 Å². The quantitative estimate of drug-likeness (QED) is 0.322. The molecule has 11 heteroatoms. The third-order valence-electron chi connectivity index (χ3n) is 3.91. The molecule has 0 atom stereocenters. The number of nitro groups is 1. The molecule has 0 bridgehead atoms. The maximum Gasteiger partial charge on any atom is 0.338 e. The molecule has 0 spiro atoms. The van der Waals surface area contributed by atoms with E-state index < -0.39 is 29.3 Å². The molecule has 2 amide bonds. The van der Waals surface area contributed by atoms with Gasteiger partial charge in [0.15, 0.2) is 18.1 Å². The van der Waals surface area contributed by atoms with Crippen molar-refractivity contribution in [1.29, 1.82) is 0 Å². The van der Waals surface area contributed by atoms with Crippen LogP contribution < -0.4 is 20.3 Å². The number of nitro benzene ring substituents is 1. The van der Waals surface area contributed by atoms with Crippen LogP contribution >= 0.6 is 0 Å². The highest BCUT2D eigenvalue weighted by molar-refractivity contribution is 5.96. The van der Waals surface area contributed by atoms with E-state index in [1.165, 1.54) is 30.3 Å². The van der Waals surface area contributed by atoms with Crippen molar-refractivity contribution in [1.82, 2.24) is 10.9 Å². The number of nitrogens with zero attached hydrogens (tertiary/aromatic N) is 1. The van der Waals surface area contributed by atoms with Gasteiger partial charge < -0.3 is 14.2 Å². The number of hydrogen-bond acceptors (Lipinski definition) is 8. The average Bonchev–Trinajstić information content (AvgIpc) is 2.80. The zero-order chi connectivity index (χ0) is 23.5. The van der Waals surface area contributed by atoms with Gasteiger partial charge in [-0.15, -0.1) is 0 Å². The number of carbonyl (C=O) groups is 3. The Kier molecular flexibility index (Phi) is 8.96. The van der Waals surface area contributed by atoms with Crippen molar-refractivity contribution >= 4 is 23.5 Å². The van der Waals surface area contributed by atoms with Crippen molar-refractivity contribution < 1.29 is 33.5 Å². The molecule has 32 heavy (non-hydrogen) atoms. The average molecular weight is 445 g/mol. The first kappa shape index (κ1) is 24.1. The molecular formula is C21H23N3O8. The number of rotatable bonds is 10. The van der Waals surface area contributed by atoms with Crippen LogP contribution in [0.2, 0.25) is 0 Å². The zero-order valence-electron chi connectivity index (χ0n) is 17.6. The molecule has 0 aliphatic rings. The van der Waals surface area contributed by atoms with Gasteiger partial charge >= 0.3 is 5.97 Å². The van der Waals surface area contributed by atoms with Gasteiger partial charge in [-0.1, -0.05) is 13.0 Å². The van der Waals surface area contributed by atoms with Crippen LogP contribution in [0.4, 0.5) is 5.69 Å². The van der Waals surface area contributed by atoms with Gasteiger partial charge in [-0.2, -0.15) is 0 Å².